The standard InChI is InChI=1S/C22H16FN3O3S/c1-11-7-13-14(9-18(27)24-19(13)15(23)8-11)21(28)26(2)22-25-20-12-5-3-4-6-16(12)29-10-17(20)30-22/h3-9H,10H2,1-2H3,(H,24,27). The summed E-state index contributed by atoms with van der Waals surface area (Å²) < 4.78 is 20.1. The van der Waals surface area contributed by atoms with Gasteiger partial charge in [-0.3, -0.25) is 14.5 Å². The van der Waals surface area contributed by atoms with Gasteiger partial charge in [0.2, 0.25) is 5.56 Å². The highest BCUT2D eigenvalue weighted by Gasteiger charge is 2.26. The van der Waals surface area contributed by atoms with Crippen molar-refractivity contribution in [3.8, 4) is 17.0 Å². The molecule has 2 aromatic heterocycles. The molecule has 150 valence electrons. The molecule has 0 saturated carbocycles. The van der Waals surface area contributed by atoms with Gasteiger partial charge < -0.3 is 9.72 Å². The molecule has 0 unspecified atom stereocenters. The van der Waals surface area contributed by atoms with Crippen LogP contribution >= 0.6 is 11.3 Å². The van der Waals surface area contributed by atoms with Gasteiger partial charge >= 0.3 is 0 Å². The highest BCUT2D eigenvalue weighted by molar-refractivity contribution is 7.16. The number of carbonyl (C=O) groups excluding carboxylic acids is 1. The third-order valence-electron chi connectivity index (χ3n) is 5.06. The molecular weight excluding hydrogens is 405 g/mol. The van der Waals surface area contributed by atoms with E-state index in [1.54, 1.807) is 20.0 Å². The number of fused-ring (bicyclic) bond motifs is 4. The van der Waals surface area contributed by atoms with Crippen molar-refractivity contribution in [2.24, 2.45) is 0 Å². The van der Waals surface area contributed by atoms with Crippen molar-refractivity contribution in [2.45, 2.75) is 13.5 Å². The molecule has 1 aliphatic heterocycles. The van der Waals surface area contributed by atoms with Gasteiger partial charge in [-0.15, -0.1) is 0 Å². The van der Waals surface area contributed by atoms with Crippen LogP contribution in [0.2, 0.25) is 0 Å². The van der Waals surface area contributed by atoms with Gasteiger partial charge in [-0.25, -0.2) is 9.37 Å². The minimum absolute atomic E-state index is 0.0191. The predicted octanol–water partition coefficient (Wildman–Crippen LogP) is 4.27. The first-order chi connectivity index (χ1) is 14.4. The molecule has 0 fully saturated rings. The van der Waals surface area contributed by atoms with Gasteiger partial charge in [0.05, 0.1) is 21.7 Å². The Labute approximate surface area is 174 Å². The zero-order chi connectivity index (χ0) is 21.0. The monoisotopic (exact) mass is 421 g/mol. The second-order valence-corrected chi connectivity index (χ2v) is 8.20. The number of H-pyrrole nitrogens is 1. The normalized spacial score (nSPS) is 12.2. The molecule has 1 aliphatic rings. The number of anilines is 1. The van der Waals surface area contributed by atoms with Crippen LogP contribution in [0.1, 0.15) is 20.8 Å². The first-order valence-electron chi connectivity index (χ1n) is 9.25. The Morgan fingerprint density at radius 1 is 1.27 bits per heavy atom. The average molecular weight is 421 g/mol. The Kier molecular flexibility index (Phi) is 4.18. The fourth-order valence-corrected chi connectivity index (χ4v) is 4.56. The summed E-state index contributed by atoms with van der Waals surface area (Å²) >= 11 is 1.35. The maximum Gasteiger partial charge on any atom is 0.260 e. The summed E-state index contributed by atoms with van der Waals surface area (Å²) in [6, 6.07) is 11.8. The number of nitrogens with zero attached hydrogens (tertiary/aromatic N) is 2. The maximum atomic E-state index is 14.4. The average Bonchev–Trinajstić information content (AvgIpc) is 3.17. The van der Waals surface area contributed by atoms with Crippen LogP contribution in [0.3, 0.4) is 0 Å². The molecule has 0 saturated heterocycles. The molecule has 0 radical (unpaired) electrons. The third kappa shape index (κ3) is 2.88. The highest BCUT2D eigenvalue weighted by Crippen LogP contribution is 2.41. The van der Waals surface area contributed by atoms with Gasteiger partial charge in [-0.1, -0.05) is 23.5 Å². The second kappa shape index (κ2) is 6.77. The van der Waals surface area contributed by atoms with Gasteiger partial charge in [0.15, 0.2) is 5.13 Å². The fraction of sp³-hybridized carbons (Fsp3) is 0.136. The highest BCUT2D eigenvalue weighted by atomic mass is 32.1. The molecule has 2 aromatic carbocycles. The predicted molar refractivity (Wildman–Crippen MR) is 114 cm³/mol. The van der Waals surface area contributed by atoms with Crippen molar-refractivity contribution in [2.75, 3.05) is 11.9 Å². The zero-order valence-electron chi connectivity index (χ0n) is 16.2. The number of amides is 1. The third-order valence-corrected chi connectivity index (χ3v) is 6.16. The number of para-hydroxylation sites is 1. The second-order valence-electron chi connectivity index (χ2n) is 7.13. The number of ether oxygens (including phenoxy) is 1. The molecule has 0 aliphatic carbocycles. The Hall–Kier alpha value is -3.52. The Morgan fingerprint density at radius 2 is 2.07 bits per heavy atom. The van der Waals surface area contributed by atoms with Gasteiger partial charge in [0.1, 0.15) is 18.2 Å². The van der Waals surface area contributed by atoms with Gasteiger partial charge in [-0.2, -0.15) is 0 Å². The van der Waals surface area contributed by atoms with E-state index in [2.05, 4.69) is 9.97 Å². The lowest BCUT2D eigenvalue weighted by atomic mass is 10.1. The quantitative estimate of drug-likeness (QED) is 0.525. The van der Waals surface area contributed by atoms with E-state index in [1.807, 2.05) is 24.3 Å². The van der Waals surface area contributed by atoms with Gasteiger partial charge in [0, 0.05) is 24.1 Å². The lowest BCUT2D eigenvalue weighted by molar-refractivity contribution is 0.0994. The molecule has 5 rings (SSSR count). The summed E-state index contributed by atoms with van der Waals surface area (Å²) in [7, 11) is 1.60. The zero-order valence-corrected chi connectivity index (χ0v) is 17.0. The van der Waals surface area contributed by atoms with Crippen molar-refractivity contribution in [3.63, 3.8) is 0 Å². The number of pyridine rings is 1. The summed E-state index contributed by atoms with van der Waals surface area (Å²) in [5, 5.41) is 0.839. The van der Waals surface area contributed by atoms with Crippen LogP contribution in [-0.2, 0) is 6.61 Å². The molecule has 30 heavy (non-hydrogen) atoms. The van der Waals surface area contributed by atoms with Crippen LogP contribution in [0.4, 0.5) is 9.52 Å². The fourth-order valence-electron chi connectivity index (χ4n) is 3.62. The van der Waals surface area contributed by atoms with E-state index in [0.717, 1.165) is 21.9 Å². The molecule has 0 bridgehead atoms. The minimum atomic E-state index is -0.571. The first-order valence-corrected chi connectivity index (χ1v) is 10.1. The number of aromatic nitrogens is 2. The van der Waals surface area contributed by atoms with Crippen molar-refractivity contribution in [1.82, 2.24) is 9.97 Å². The summed E-state index contributed by atoms with van der Waals surface area (Å²) in [5.74, 6) is -0.253. The first kappa shape index (κ1) is 18.5. The van der Waals surface area contributed by atoms with Crippen LogP contribution in [-0.4, -0.2) is 22.9 Å². The number of aryl methyl sites for hydroxylation is 1. The Morgan fingerprint density at radius 3 is 2.90 bits per heavy atom. The van der Waals surface area contributed by atoms with Crippen LogP contribution in [0.15, 0.2) is 47.3 Å². The van der Waals surface area contributed by atoms with Crippen LogP contribution < -0.4 is 15.2 Å². The summed E-state index contributed by atoms with van der Waals surface area (Å²) in [6.45, 7) is 2.11. The minimum Gasteiger partial charge on any atom is -0.487 e. The van der Waals surface area contributed by atoms with Crippen molar-refractivity contribution in [3.05, 3.63) is 74.6 Å². The van der Waals surface area contributed by atoms with Crippen molar-refractivity contribution < 1.29 is 13.9 Å². The summed E-state index contributed by atoms with van der Waals surface area (Å²) in [4.78, 5) is 34.8. The van der Waals surface area contributed by atoms with E-state index in [4.69, 9.17) is 4.74 Å². The molecule has 8 heteroatoms. The maximum absolute atomic E-state index is 14.4. The summed E-state index contributed by atoms with van der Waals surface area (Å²) in [6.07, 6.45) is 0. The molecular formula is C22H16FN3O3S. The van der Waals surface area contributed by atoms with E-state index in [0.29, 0.717) is 22.7 Å². The number of rotatable bonds is 2. The number of hydrogen-bond donors (Lipinski definition) is 1. The largest absolute Gasteiger partial charge is 0.487 e. The number of nitrogens with one attached hydrogen (secondary N) is 1. The van der Waals surface area contributed by atoms with Crippen LogP contribution in [0.5, 0.6) is 5.75 Å². The molecule has 6 nitrogen and oxygen atoms in total. The number of benzene rings is 2. The van der Waals surface area contributed by atoms with Crippen molar-refractivity contribution >= 4 is 33.3 Å². The number of thiazole rings is 1. The van der Waals surface area contributed by atoms with Crippen LogP contribution in [0.25, 0.3) is 22.2 Å². The smallest absolute Gasteiger partial charge is 0.260 e. The lowest BCUT2D eigenvalue weighted by Crippen LogP contribution is -2.27. The van der Waals surface area contributed by atoms with Gasteiger partial charge in [0.25, 0.3) is 5.91 Å². The molecule has 0 spiro atoms. The van der Waals surface area contributed by atoms with E-state index < -0.39 is 17.3 Å². The van der Waals surface area contributed by atoms with E-state index in [9.17, 15) is 14.0 Å². The Bertz CT molecular complexity index is 1390. The SMILES string of the molecule is Cc1cc(F)c2[nH]c(=O)cc(C(=O)N(C)c3nc4c(s3)COc3ccccc3-4)c2c1. The number of hydrogen-bond acceptors (Lipinski definition) is 5. The molecule has 4 aromatic rings. The van der Waals surface area contributed by atoms with Gasteiger partial charge in [-0.05, 0) is 36.8 Å². The number of carbonyl (C=O) groups is 1. The van der Waals surface area contributed by atoms with E-state index in [-0.39, 0.29) is 11.1 Å². The van der Waals surface area contributed by atoms with Crippen LogP contribution in [0, 0.1) is 12.7 Å². The van der Waals surface area contributed by atoms with E-state index in [1.165, 1.54) is 28.4 Å². The summed E-state index contributed by atoms with van der Waals surface area (Å²) in [5.41, 5.74) is 1.93. The number of aromatic amines is 1. The topological polar surface area (TPSA) is 75.3 Å². The molecule has 1 amide bonds. The molecule has 1 N–H and O–H groups in total. The molecule has 3 heterocycles. The number of halogens is 1. The Balaban J connectivity index is 1.60. The van der Waals surface area contributed by atoms with E-state index >= 15 is 0 Å². The lowest BCUT2D eigenvalue weighted by Gasteiger charge is -2.15. The molecule has 0 atom stereocenters. The van der Waals surface area contributed by atoms with Crippen molar-refractivity contribution in [1.29, 1.82) is 0 Å².